The maximum Gasteiger partial charge on any atom is 0.360 e. The van der Waals surface area contributed by atoms with Crippen molar-refractivity contribution in [2.45, 2.75) is 38.0 Å². The highest BCUT2D eigenvalue weighted by Crippen LogP contribution is 2.25. The summed E-state index contributed by atoms with van der Waals surface area (Å²) in [5, 5.41) is 10.9. The molecule has 0 saturated carbocycles. The van der Waals surface area contributed by atoms with E-state index in [2.05, 4.69) is 0 Å². The molecule has 7 nitrogen and oxygen atoms in total. The third-order valence-corrected chi connectivity index (χ3v) is 6.43. The molecule has 0 aliphatic carbocycles. The molecular weight excluding hydrogens is 480 g/mol. The molecule has 0 bridgehead atoms. The van der Waals surface area contributed by atoms with Crippen molar-refractivity contribution in [2.24, 2.45) is 5.73 Å². The number of aliphatic hydroxyl groups is 1. The fourth-order valence-electron chi connectivity index (χ4n) is 4.52. The molecule has 1 fully saturated rings. The van der Waals surface area contributed by atoms with Gasteiger partial charge < -0.3 is 20.6 Å². The second-order valence-electron chi connectivity index (χ2n) is 9.13. The smallest absolute Gasteiger partial charge is 0.360 e. The monoisotopic (exact) mass is 507 g/mol. The minimum atomic E-state index is -1.31. The Kier molecular flexibility index (Phi) is 7.58. The summed E-state index contributed by atoms with van der Waals surface area (Å²) >= 11 is 0. The molecule has 3 N–H and O–H groups in total. The van der Waals surface area contributed by atoms with Crippen LogP contribution in [0.5, 0.6) is 0 Å². The van der Waals surface area contributed by atoms with Gasteiger partial charge in [-0.2, -0.15) is 4.58 Å². The first kappa shape index (κ1) is 25.6. The van der Waals surface area contributed by atoms with Gasteiger partial charge in [-0.1, -0.05) is 18.2 Å². The molecule has 4 rings (SSSR count). The van der Waals surface area contributed by atoms with Crippen molar-refractivity contribution in [3.63, 3.8) is 0 Å². The van der Waals surface area contributed by atoms with Crippen LogP contribution in [0.3, 0.4) is 0 Å². The first-order valence-corrected chi connectivity index (χ1v) is 11.6. The van der Waals surface area contributed by atoms with Crippen molar-refractivity contribution < 1.29 is 36.8 Å². The number of halogens is 4. The minimum Gasteiger partial charge on any atom is -0.462 e. The summed E-state index contributed by atoms with van der Waals surface area (Å²) in [5.41, 5.74) is 7.09. The normalized spacial score (nSPS) is 18.8. The highest BCUT2D eigenvalue weighted by Gasteiger charge is 2.35. The first-order chi connectivity index (χ1) is 17.1. The van der Waals surface area contributed by atoms with E-state index in [4.69, 9.17) is 5.73 Å². The van der Waals surface area contributed by atoms with Gasteiger partial charge in [0.1, 0.15) is 18.5 Å². The number of aliphatic hydroxyl groups excluding tert-OH is 1. The number of likely N-dealkylation sites (tertiary alicyclic amines) is 1. The van der Waals surface area contributed by atoms with Crippen LogP contribution < -0.4 is 5.73 Å². The molecule has 0 unspecified atom stereocenters. The van der Waals surface area contributed by atoms with E-state index < -0.39 is 35.6 Å². The van der Waals surface area contributed by atoms with E-state index in [9.17, 15) is 32.3 Å². The zero-order valence-electron chi connectivity index (χ0n) is 19.5. The van der Waals surface area contributed by atoms with Crippen LogP contribution in [0.4, 0.5) is 23.2 Å². The van der Waals surface area contributed by atoms with Crippen LogP contribution in [0.2, 0.25) is 0 Å². The lowest BCUT2D eigenvalue weighted by Gasteiger charge is -2.21. The fraction of sp³-hybridized carbons (Fsp3) is 0.400. The quantitative estimate of drug-likeness (QED) is 0.357. The van der Waals surface area contributed by atoms with Gasteiger partial charge in [-0.05, 0) is 24.5 Å². The molecule has 2 aliphatic rings. The van der Waals surface area contributed by atoms with Crippen LogP contribution in [-0.2, 0) is 22.6 Å². The largest absolute Gasteiger partial charge is 0.462 e. The summed E-state index contributed by atoms with van der Waals surface area (Å²) in [6.07, 6.45) is -1.23. The maximum absolute atomic E-state index is 14.0. The topological polar surface area (TPSA) is 89.9 Å². The lowest BCUT2D eigenvalue weighted by Crippen LogP contribution is -2.40. The molecule has 2 heterocycles. The van der Waals surface area contributed by atoms with E-state index >= 15 is 0 Å². The number of rotatable bonds is 6. The summed E-state index contributed by atoms with van der Waals surface area (Å²) in [4.78, 5) is 28.6. The highest BCUT2D eigenvalue weighted by molar-refractivity contribution is 5.85. The fourth-order valence-corrected chi connectivity index (χ4v) is 4.52. The molecule has 2 amide bonds. The number of amides is 2. The van der Waals surface area contributed by atoms with E-state index in [0.717, 1.165) is 6.07 Å². The van der Waals surface area contributed by atoms with Crippen LogP contribution in [0.15, 0.2) is 36.4 Å². The van der Waals surface area contributed by atoms with Crippen molar-refractivity contribution in [3.05, 3.63) is 65.0 Å². The number of fused-ring (bicyclic) bond motifs is 1. The number of nitrogens with two attached hydrogens (primary N) is 1. The van der Waals surface area contributed by atoms with Crippen LogP contribution in [-0.4, -0.2) is 75.6 Å². The number of carbonyl (C=O) groups is 2. The first-order valence-electron chi connectivity index (χ1n) is 11.6. The molecule has 2 atom stereocenters. The molecule has 1 saturated heterocycles. The van der Waals surface area contributed by atoms with Gasteiger partial charge in [-0.25, -0.2) is 17.6 Å². The summed E-state index contributed by atoms with van der Waals surface area (Å²) < 4.78 is 55.6. The Morgan fingerprint density at radius 1 is 1.06 bits per heavy atom. The number of hydrogen-bond acceptors (Lipinski definition) is 3. The molecule has 192 valence electrons. The Balaban J connectivity index is 1.49. The SMILES string of the molecule is N[C@@H](CC(=O)N1CC(O)=[N+](CC(=O)N2CC[C@@H](F)C2)c2ccccc2C1)Cc1cc(F)c(F)cc1F. The molecule has 2 aliphatic heterocycles. The van der Waals surface area contributed by atoms with E-state index in [1.54, 1.807) is 24.3 Å². The highest BCUT2D eigenvalue weighted by atomic mass is 19.2. The van der Waals surface area contributed by atoms with Gasteiger partial charge in [0.2, 0.25) is 18.1 Å². The average Bonchev–Trinajstić information content (AvgIpc) is 3.21. The summed E-state index contributed by atoms with van der Waals surface area (Å²) in [5.74, 6) is -4.50. The van der Waals surface area contributed by atoms with Crippen LogP contribution in [0, 0.1) is 17.5 Å². The average molecular weight is 508 g/mol. The van der Waals surface area contributed by atoms with Gasteiger partial charge in [0.15, 0.2) is 11.6 Å². The van der Waals surface area contributed by atoms with E-state index in [1.807, 2.05) is 0 Å². The van der Waals surface area contributed by atoms with Crippen molar-refractivity contribution in [2.75, 3.05) is 26.2 Å². The number of carbonyl (C=O) groups excluding carboxylic acids is 2. The Morgan fingerprint density at radius 3 is 2.50 bits per heavy atom. The van der Waals surface area contributed by atoms with Crippen LogP contribution >= 0.6 is 0 Å². The van der Waals surface area contributed by atoms with E-state index in [1.165, 1.54) is 14.4 Å². The maximum atomic E-state index is 14.0. The Hall–Kier alpha value is -3.47. The van der Waals surface area contributed by atoms with Gasteiger partial charge >= 0.3 is 5.90 Å². The molecule has 0 radical (unpaired) electrons. The molecule has 2 aromatic rings. The van der Waals surface area contributed by atoms with Crippen LogP contribution in [0.25, 0.3) is 0 Å². The van der Waals surface area contributed by atoms with Crippen LogP contribution in [0.1, 0.15) is 24.0 Å². The van der Waals surface area contributed by atoms with Gasteiger partial charge in [0, 0.05) is 36.7 Å². The number of nitrogens with zero attached hydrogens (tertiary/aromatic N) is 3. The van der Waals surface area contributed by atoms with Gasteiger partial charge in [-0.15, -0.1) is 0 Å². The predicted octanol–water partition coefficient (Wildman–Crippen LogP) is 2.58. The van der Waals surface area contributed by atoms with Gasteiger partial charge in [0.25, 0.3) is 5.91 Å². The lowest BCUT2D eigenvalue weighted by atomic mass is 10.0. The Morgan fingerprint density at radius 2 is 1.78 bits per heavy atom. The lowest BCUT2D eigenvalue weighted by molar-refractivity contribution is -0.440. The molecule has 36 heavy (non-hydrogen) atoms. The zero-order valence-corrected chi connectivity index (χ0v) is 19.5. The van der Waals surface area contributed by atoms with Crippen molar-refractivity contribution in [1.29, 1.82) is 0 Å². The summed E-state index contributed by atoms with van der Waals surface area (Å²) in [6.45, 7) is 0.00498. The molecule has 0 aromatic heterocycles. The van der Waals surface area contributed by atoms with Gasteiger partial charge in [-0.3, -0.25) is 9.59 Å². The summed E-state index contributed by atoms with van der Waals surface area (Å²) in [6, 6.07) is 7.23. The Bertz CT molecular complexity index is 1210. The number of hydrogen-bond donors (Lipinski definition) is 2. The minimum absolute atomic E-state index is 0.0101. The number of para-hydroxylation sites is 1. The van der Waals surface area contributed by atoms with E-state index in [0.29, 0.717) is 23.9 Å². The number of benzene rings is 2. The van der Waals surface area contributed by atoms with Crippen molar-refractivity contribution in [1.82, 2.24) is 9.80 Å². The van der Waals surface area contributed by atoms with Crippen molar-refractivity contribution >= 4 is 23.4 Å². The predicted molar refractivity (Wildman–Crippen MR) is 123 cm³/mol. The Labute approximate surface area is 205 Å². The van der Waals surface area contributed by atoms with E-state index in [-0.39, 0.29) is 62.8 Å². The summed E-state index contributed by atoms with van der Waals surface area (Å²) in [7, 11) is 0. The van der Waals surface area contributed by atoms with Gasteiger partial charge in [0.05, 0.1) is 13.1 Å². The molecule has 0 spiro atoms. The third kappa shape index (κ3) is 5.67. The second kappa shape index (κ2) is 10.7. The number of alkyl halides is 1. The molecule has 11 heteroatoms. The third-order valence-electron chi connectivity index (χ3n) is 6.43. The molecular formula is C25H27F4N4O3+. The zero-order chi connectivity index (χ0) is 26.0. The second-order valence-corrected chi connectivity index (χ2v) is 9.13. The standard InChI is InChI=1S/C25H26F4N4O3/c26-17-5-6-31(12-17)24(35)14-33-22-4-2-1-3-15(22)11-32(13-25(33)36)23(34)9-18(30)7-16-8-20(28)21(29)10-19(16)27/h1-4,8,10,17-18H,5-7,9,11-14,30H2/p+1/t17-,18-/m1/s1. The molecule has 2 aromatic carbocycles. The van der Waals surface area contributed by atoms with Crippen molar-refractivity contribution in [3.8, 4) is 0 Å².